The Hall–Kier alpha value is -4.07. The van der Waals surface area contributed by atoms with Gasteiger partial charge in [-0.15, -0.1) is 0 Å². The second-order valence-corrected chi connectivity index (χ2v) is 6.12. The topological polar surface area (TPSA) is 103 Å². The minimum absolute atomic E-state index is 0.168. The fourth-order valence-electron chi connectivity index (χ4n) is 2.33. The Morgan fingerprint density at radius 3 is 2.43 bits per heavy atom. The van der Waals surface area contributed by atoms with Gasteiger partial charge in [0, 0.05) is 12.4 Å². The van der Waals surface area contributed by atoms with E-state index in [1.54, 1.807) is 48.5 Å². The molecule has 0 unspecified atom stereocenters. The van der Waals surface area contributed by atoms with Crippen molar-refractivity contribution in [1.29, 1.82) is 0 Å². The summed E-state index contributed by atoms with van der Waals surface area (Å²) >= 11 is 0. The molecule has 0 aliphatic rings. The number of ether oxygens (including phenoxy) is 2. The Morgan fingerprint density at radius 1 is 1.03 bits per heavy atom. The maximum atomic E-state index is 12.3. The largest absolute Gasteiger partial charge is 0.494 e. The van der Waals surface area contributed by atoms with Gasteiger partial charge >= 0.3 is 5.97 Å². The van der Waals surface area contributed by atoms with E-state index in [9.17, 15) is 9.59 Å². The molecule has 3 aromatic rings. The quantitative estimate of drug-likeness (QED) is 0.268. The van der Waals surface area contributed by atoms with E-state index in [2.05, 4.69) is 20.5 Å². The maximum Gasteiger partial charge on any atom is 0.343 e. The molecule has 3 rings (SSSR count). The molecule has 8 nitrogen and oxygen atoms in total. The number of nitrogens with one attached hydrogen (secondary N) is 1. The third kappa shape index (κ3) is 5.96. The second-order valence-electron chi connectivity index (χ2n) is 6.12. The minimum atomic E-state index is -0.463. The van der Waals surface area contributed by atoms with Crippen molar-refractivity contribution in [3.63, 3.8) is 0 Å². The van der Waals surface area contributed by atoms with Crippen LogP contribution in [0.2, 0.25) is 0 Å². The fraction of sp³-hybridized carbons (Fsp3) is 0.136. The van der Waals surface area contributed by atoms with E-state index < -0.39 is 11.9 Å². The second kappa shape index (κ2) is 10.5. The van der Waals surface area contributed by atoms with E-state index in [4.69, 9.17) is 9.47 Å². The van der Waals surface area contributed by atoms with Crippen LogP contribution >= 0.6 is 0 Å². The van der Waals surface area contributed by atoms with Gasteiger partial charge in [-0.3, -0.25) is 9.78 Å². The minimum Gasteiger partial charge on any atom is -0.494 e. The van der Waals surface area contributed by atoms with Crippen molar-refractivity contribution in [2.24, 2.45) is 5.10 Å². The van der Waals surface area contributed by atoms with Crippen LogP contribution in [0.1, 0.15) is 39.8 Å². The van der Waals surface area contributed by atoms with Crippen molar-refractivity contribution in [2.45, 2.75) is 13.3 Å². The summed E-state index contributed by atoms with van der Waals surface area (Å²) in [6.45, 7) is 2.66. The molecule has 0 atom stereocenters. The zero-order chi connectivity index (χ0) is 21.2. The lowest BCUT2D eigenvalue weighted by Crippen LogP contribution is -2.19. The van der Waals surface area contributed by atoms with Crippen LogP contribution < -0.4 is 14.9 Å². The van der Waals surface area contributed by atoms with E-state index in [-0.39, 0.29) is 5.69 Å². The van der Waals surface area contributed by atoms with Crippen LogP contribution in [-0.2, 0) is 0 Å². The predicted molar refractivity (Wildman–Crippen MR) is 111 cm³/mol. The lowest BCUT2D eigenvalue weighted by Gasteiger charge is -2.07. The number of benzene rings is 2. The van der Waals surface area contributed by atoms with Gasteiger partial charge in [-0.2, -0.15) is 5.10 Å². The van der Waals surface area contributed by atoms with Gasteiger partial charge in [0.1, 0.15) is 17.2 Å². The van der Waals surface area contributed by atoms with Crippen molar-refractivity contribution in [2.75, 3.05) is 6.61 Å². The van der Waals surface area contributed by atoms with Crippen LogP contribution in [0.3, 0.4) is 0 Å². The first kappa shape index (κ1) is 20.7. The summed E-state index contributed by atoms with van der Waals surface area (Å²) in [6.07, 6.45) is 6.63. The Labute approximate surface area is 173 Å². The molecule has 0 spiro atoms. The van der Waals surface area contributed by atoms with Crippen molar-refractivity contribution >= 4 is 18.1 Å². The van der Waals surface area contributed by atoms with Gasteiger partial charge in [0.15, 0.2) is 0 Å². The Bertz CT molecular complexity index is 1000. The molecule has 1 heterocycles. The van der Waals surface area contributed by atoms with E-state index in [1.807, 2.05) is 6.92 Å². The molecule has 0 bridgehead atoms. The average molecular weight is 404 g/mol. The SMILES string of the molecule is CCCOc1ccc(C(=O)Oc2ccc(/C=N/NC(=O)c3cnccn3)cc2)cc1. The predicted octanol–water partition coefficient (Wildman–Crippen LogP) is 3.25. The van der Waals surface area contributed by atoms with E-state index in [0.29, 0.717) is 29.2 Å². The number of esters is 1. The molecule has 1 N–H and O–H groups in total. The summed E-state index contributed by atoms with van der Waals surface area (Å²) < 4.78 is 10.9. The number of nitrogens with zero attached hydrogens (tertiary/aromatic N) is 3. The molecule has 1 aromatic heterocycles. The van der Waals surface area contributed by atoms with Crippen molar-refractivity contribution in [3.8, 4) is 11.5 Å². The van der Waals surface area contributed by atoms with Gasteiger partial charge in [-0.1, -0.05) is 6.92 Å². The first-order chi connectivity index (χ1) is 14.7. The van der Waals surface area contributed by atoms with Gasteiger partial charge in [0.2, 0.25) is 0 Å². The first-order valence-electron chi connectivity index (χ1n) is 9.30. The number of hydrazone groups is 1. The third-order valence-electron chi connectivity index (χ3n) is 3.83. The van der Waals surface area contributed by atoms with Crippen LogP contribution in [-0.4, -0.2) is 34.7 Å². The molecule has 0 aliphatic heterocycles. The van der Waals surface area contributed by atoms with E-state index >= 15 is 0 Å². The molecule has 0 aliphatic carbocycles. The highest BCUT2D eigenvalue weighted by molar-refractivity contribution is 5.93. The molecule has 0 saturated carbocycles. The molecule has 0 saturated heterocycles. The molecule has 0 fully saturated rings. The number of carbonyl (C=O) groups is 2. The number of carbonyl (C=O) groups excluding carboxylic acids is 2. The van der Waals surface area contributed by atoms with E-state index in [1.165, 1.54) is 24.8 Å². The van der Waals surface area contributed by atoms with Crippen LogP contribution in [0.5, 0.6) is 11.5 Å². The number of rotatable bonds is 8. The summed E-state index contributed by atoms with van der Waals surface area (Å²) in [4.78, 5) is 31.8. The highest BCUT2D eigenvalue weighted by Gasteiger charge is 2.09. The smallest absolute Gasteiger partial charge is 0.343 e. The summed E-state index contributed by atoms with van der Waals surface area (Å²) in [5.41, 5.74) is 3.68. The summed E-state index contributed by atoms with van der Waals surface area (Å²) in [7, 11) is 0. The molecular formula is C22H20N4O4. The normalized spacial score (nSPS) is 10.6. The van der Waals surface area contributed by atoms with Crippen LogP contribution in [0.4, 0.5) is 0 Å². The van der Waals surface area contributed by atoms with Crippen molar-refractivity contribution in [1.82, 2.24) is 15.4 Å². The van der Waals surface area contributed by atoms with Gasteiger partial charge in [-0.05, 0) is 60.5 Å². The fourth-order valence-corrected chi connectivity index (χ4v) is 2.33. The molecule has 2 aromatic carbocycles. The number of hydrogen-bond donors (Lipinski definition) is 1. The van der Waals surface area contributed by atoms with E-state index in [0.717, 1.165) is 6.42 Å². The molecule has 1 amide bonds. The molecule has 30 heavy (non-hydrogen) atoms. The van der Waals surface area contributed by atoms with Gasteiger partial charge < -0.3 is 9.47 Å². The van der Waals surface area contributed by atoms with Crippen LogP contribution in [0.15, 0.2) is 72.2 Å². The molecule has 0 radical (unpaired) electrons. The standard InChI is InChI=1S/C22H20N4O4/c1-2-13-29-18-9-5-17(6-10-18)22(28)30-19-7-3-16(4-8-19)14-25-26-21(27)20-15-23-11-12-24-20/h3-12,14-15H,2,13H2,1H3,(H,26,27)/b25-14+. The first-order valence-corrected chi connectivity index (χ1v) is 9.30. The highest BCUT2D eigenvalue weighted by atomic mass is 16.5. The summed E-state index contributed by atoms with van der Waals surface area (Å²) in [6, 6.07) is 13.5. The maximum absolute atomic E-state index is 12.3. The van der Waals surface area contributed by atoms with Gasteiger partial charge in [-0.25, -0.2) is 15.2 Å². The number of hydrogen-bond acceptors (Lipinski definition) is 7. The lowest BCUT2D eigenvalue weighted by molar-refractivity contribution is 0.0734. The molecular weight excluding hydrogens is 384 g/mol. The zero-order valence-corrected chi connectivity index (χ0v) is 16.3. The number of aromatic nitrogens is 2. The Balaban J connectivity index is 1.52. The van der Waals surface area contributed by atoms with Crippen molar-refractivity contribution in [3.05, 3.63) is 83.9 Å². The molecule has 8 heteroatoms. The monoisotopic (exact) mass is 404 g/mol. The van der Waals surface area contributed by atoms with Gasteiger partial charge in [0.05, 0.1) is 24.6 Å². The Kier molecular flexibility index (Phi) is 7.21. The van der Waals surface area contributed by atoms with Gasteiger partial charge in [0.25, 0.3) is 5.91 Å². The third-order valence-corrected chi connectivity index (χ3v) is 3.83. The average Bonchev–Trinajstić information content (AvgIpc) is 2.79. The highest BCUT2D eigenvalue weighted by Crippen LogP contribution is 2.16. The zero-order valence-electron chi connectivity index (χ0n) is 16.3. The summed E-state index contributed by atoms with van der Waals surface area (Å²) in [5.74, 6) is 0.182. The molecule has 152 valence electrons. The lowest BCUT2D eigenvalue weighted by atomic mass is 10.2. The Morgan fingerprint density at radius 2 is 1.77 bits per heavy atom. The summed E-state index contributed by atoms with van der Waals surface area (Å²) in [5, 5.41) is 3.87. The number of amides is 1. The van der Waals surface area contributed by atoms with Crippen LogP contribution in [0, 0.1) is 0 Å². The van der Waals surface area contributed by atoms with Crippen molar-refractivity contribution < 1.29 is 19.1 Å². The van der Waals surface area contributed by atoms with Crippen LogP contribution in [0.25, 0.3) is 0 Å².